The van der Waals surface area contributed by atoms with Crippen LogP contribution < -0.4 is 5.73 Å². The molecule has 0 aromatic heterocycles. The Morgan fingerprint density at radius 1 is 1.44 bits per heavy atom. The van der Waals surface area contributed by atoms with Gasteiger partial charge in [-0.25, -0.2) is 17.2 Å². The predicted octanol–water partition coefficient (Wildman–Crippen LogP) is 1.26. The minimum absolute atomic E-state index is 0.0442. The summed E-state index contributed by atoms with van der Waals surface area (Å²) in [6.07, 6.45) is 0. The Hall–Kier alpha value is -1.12. The average Bonchev–Trinajstić information content (AvgIpc) is 2.28. The lowest BCUT2D eigenvalue weighted by molar-refractivity contribution is 0.459. The summed E-state index contributed by atoms with van der Waals surface area (Å²) in [5.41, 5.74) is 5.27. The lowest BCUT2D eigenvalue weighted by Crippen LogP contribution is -2.37. The van der Waals surface area contributed by atoms with Gasteiger partial charge in [0.1, 0.15) is 16.5 Å². The highest BCUT2D eigenvalue weighted by atomic mass is 32.2. The topological polar surface area (TPSA) is 63.4 Å². The predicted molar refractivity (Wildman–Crippen MR) is 67.6 cm³/mol. The number of likely N-dealkylation sites (N-methyl/N-ethyl adjacent to an activating group) is 1. The third kappa shape index (κ3) is 3.21. The van der Waals surface area contributed by atoms with Crippen LogP contribution in [0.4, 0.5) is 8.78 Å². The van der Waals surface area contributed by atoms with E-state index in [4.69, 9.17) is 5.73 Å². The number of thiocarbonyl (C=S) groups is 1. The molecular formula is C10H12F2N2O2S2. The maximum atomic E-state index is 13.5. The molecule has 18 heavy (non-hydrogen) atoms. The summed E-state index contributed by atoms with van der Waals surface area (Å²) in [6.45, 7) is 1.38. The zero-order chi connectivity index (χ0) is 13.9. The van der Waals surface area contributed by atoms with Crippen LogP contribution in [0.2, 0.25) is 0 Å². The van der Waals surface area contributed by atoms with Gasteiger partial charge in [0.2, 0.25) is 10.0 Å². The molecule has 0 aliphatic carbocycles. The Balaban J connectivity index is 3.26. The lowest BCUT2D eigenvalue weighted by Gasteiger charge is -2.20. The third-order valence-corrected chi connectivity index (χ3v) is 4.26. The van der Waals surface area contributed by atoms with Crippen LogP contribution in [0, 0.1) is 11.6 Å². The summed E-state index contributed by atoms with van der Waals surface area (Å²) in [4.78, 5) is -0.766. The van der Waals surface area contributed by atoms with Gasteiger partial charge in [-0.1, -0.05) is 19.1 Å². The first-order valence-corrected chi connectivity index (χ1v) is 6.87. The second kappa shape index (κ2) is 5.68. The molecule has 1 rings (SSSR count). The number of sulfonamides is 1. The highest BCUT2D eigenvalue weighted by Crippen LogP contribution is 2.20. The zero-order valence-electron chi connectivity index (χ0n) is 9.56. The number of hydrogen-bond donors (Lipinski definition) is 1. The summed E-state index contributed by atoms with van der Waals surface area (Å²) < 4.78 is 51.5. The molecule has 0 spiro atoms. The fourth-order valence-corrected chi connectivity index (χ4v) is 3.10. The SMILES string of the molecule is CCN(CC(N)=S)S(=O)(=O)c1cc(F)ccc1F. The molecular weight excluding hydrogens is 282 g/mol. The normalized spacial score (nSPS) is 11.8. The molecule has 0 unspecified atom stereocenters. The van der Waals surface area contributed by atoms with Gasteiger partial charge in [-0.15, -0.1) is 0 Å². The second-order valence-corrected chi connectivity index (χ2v) is 5.90. The Morgan fingerprint density at radius 3 is 2.56 bits per heavy atom. The Morgan fingerprint density at radius 2 is 2.06 bits per heavy atom. The fourth-order valence-electron chi connectivity index (χ4n) is 1.35. The van der Waals surface area contributed by atoms with Crippen molar-refractivity contribution in [3.63, 3.8) is 0 Å². The van der Waals surface area contributed by atoms with E-state index in [-0.39, 0.29) is 18.1 Å². The molecule has 0 aliphatic heterocycles. The lowest BCUT2D eigenvalue weighted by atomic mass is 10.3. The first-order chi connectivity index (χ1) is 8.28. The molecule has 100 valence electrons. The third-order valence-electron chi connectivity index (χ3n) is 2.20. The molecule has 0 radical (unpaired) electrons. The summed E-state index contributed by atoms with van der Waals surface area (Å²) in [5, 5.41) is 0. The molecule has 0 fully saturated rings. The number of halogens is 2. The van der Waals surface area contributed by atoms with Crippen LogP contribution in [0.5, 0.6) is 0 Å². The molecule has 0 amide bonds. The van der Waals surface area contributed by atoms with Crippen molar-refractivity contribution in [3.05, 3.63) is 29.8 Å². The van der Waals surface area contributed by atoms with Crippen molar-refractivity contribution in [2.75, 3.05) is 13.1 Å². The van der Waals surface area contributed by atoms with Gasteiger partial charge in [-0.05, 0) is 18.2 Å². The average molecular weight is 294 g/mol. The summed E-state index contributed by atoms with van der Waals surface area (Å²) >= 11 is 4.62. The molecule has 0 atom stereocenters. The van der Waals surface area contributed by atoms with E-state index in [9.17, 15) is 17.2 Å². The van der Waals surface area contributed by atoms with Crippen molar-refractivity contribution in [1.82, 2.24) is 4.31 Å². The van der Waals surface area contributed by atoms with E-state index < -0.39 is 26.6 Å². The van der Waals surface area contributed by atoms with E-state index in [1.54, 1.807) is 6.92 Å². The molecule has 0 saturated heterocycles. The number of rotatable bonds is 5. The van der Waals surface area contributed by atoms with Crippen LogP contribution in [-0.4, -0.2) is 30.8 Å². The molecule has 2 N–H and O–H groups in total. The van der Waals surface area contributed by atoms with Crippen molar-refractivity contribution < 1.29 is 17.2 Å². The van der Waals surface area contributed by atoms with Gasteiger partial charge in [0.05, 0.1) is 11.5 Å². The number of hydrogen-bond acceptors (Lipinski definition) is 3. The first-order valence-electron chi connectivity index (χ1n) is 5.02. The standard InChI is InChI=1S/C10H12F2N2O2S2/c1-2-14(6-10(13)17)18(15,16)9-5-7(11)3-4-8(9)12/h3-5H,2,6H2,1H3,(H2,13,17). The largest absolute Gasteiger partial charge is 0.392 e. The first kappa shape index (κ1) is 14.9. The quantitative estimate of drug-likeness (QED) is 0.831. The molecule has 0 saturated carbocycles. The zero-order valence-corrected chi connectivity index (χ0v) is 11.2. The maximum absolute atomic E-state index is 13.5. The fraction of sp³-hybridized carbons (Fsp3) is 0.300. The highest BCUT2D eigenvalue weighted by molar-refractivity contribution is 7.89. The molecule has 1 aromatic rings. The van der Waals surface area contributed by atoms with Crippen LogP contribution in [0.3, 0.4) is 0 Å². The van der Waals surface area contributed by atoms with Gasteiger partial charge >= 0.3 is 0 Å². The van der Waals surface area contributed by atoms with Gasteiger partial charge in [0, 0.05) is 6.54 Å². The molecule has 0 aliphatic rings. The van der Waals surface area contributed by atoms with Crippen molar-refractivity contribution in [1.29, 1.82) is 0 Å². The molecule has 0 bridgehead atoms. The van der Waals surface area contributed by atoms with E-state index in [1.807, 2.05) is 0 Å². The van der Waals surface area contributed by atoms with Crippen LogP contribution in [0.1, 0.15) is 6.92 Å². The van der Waals surface area contributed by atoms with E-state index >= 15 is 0 Å². The van der Waals surface area contributed by atoms with Gasteiger partial charge in [0.15, 0.2) is 0 Å². The van der Waals surface area contributed by atoms with Crippen molar-refractivity contribution in [2.24, 2.45) is 5.73 Å². The van der Waals surface area contributed by atoms with Crippen LogP contribution >= 0.6 is 12.2 Å². The van der Waals surface area contributed by atoms with Crippen LogP contribution in [-0.2, 0) is 10.0 Å². The van der Waals surface area contributed by atoms with Crippen molar-refractivity contribution >= 4 is 27.2 Å². The van der Waals surface area contributed by atoms with Crippen molar-refractivity contribution in [3.8, 4) is 0 Å². The van der Waals surface area contributed by atoms with Crippen LogP contribution in [0.15, 0.2) is 23.1 Å². The van der Waals surface area contributed by atoms with E-state index in [1.165, 1.54) is 0 Å². The summed E-state index contributed by atoms with van der Waals surface area (Å²) in [7, 11) is -4.15. The Kier molecular flexibility index (Phi) is 4.71. The maximum Gasteiger partial charge on any atom is 0.246 e. The molecule has 8 heteroatoms. The second-order valence-electron chi connectivity index (χ2n) is 3.47. The van der Waals surface area contributed by atoms with Gasteiger partial charge in [-0.2, -0.15) is 4.31 Å². The molecule has 0 heterocycles. The van der Waals surface area contributed by atoms with Crippen LogP contribution in [0.25, 0.3) is 0 Å². The highest BCUT2D eigenvalue weighted by Gasteiger charge is 2.27. The number of nitrogens with two attached hydrogens (primary N) is 1. The van der Waals surface area contributed by atoms with E-state index in [0.29, 0.717) is 6.07 Å². The number of nitrogens with zero attached hydrogens (tertiary/aromatic N) is 1. The monoisotopic (exact) mass is 294 g/mol. The number of benzene rings is 1. The summed E-state index contributed by atoms with van der Waals surface area (Å²) in [5.74, 6) is -1.85. The minimum atomic E-state index is -4.15. The van der Waals surface area contributed by atoms with Gasteiger partial charge in [-0.3, -0.25) is 0 Å². The Bertz CT molecular complexity index is 561. The van der Waals surface area contributed by atoms with Crippen molar-refractivity contribution in [2.45, 2.75) is 11.8 Å². The molecule has 1 aromatic carbocycles. The smallest absolute Gasteiger partial charge is 0.246 e. The summed E-state index contributed by atoms with van der Waals surface area (Å²) in [6, 6.07) is 2.24. The van der Waals surface area contributed by atoms with E-state index in [2.05, 4.69) is 12.2 Å². The Labute approximate surface area is 109 Å². The van der Waals surface area contributed by atoms with Gasteiger partial charge in [0.25, 0.3) is 0 Å². The van der Waals surface area contributed by atoms with Gasteiger partial charge < -0.3 is 5.73 Å². The minimum Gasteiger partial charge on any atom is -0.392 e. The molecule has 4 nitrogen and oxygen atoms in total. The van der Waals surface area contributed by atoms with E-state index in [0.717, 1.165) is 16.4 Å².